The van der Waals surface area contributed by atoms with Gasteiger partial charge in [0.1, 0.15) is 11.9 Å². The molecule has 1 N–H and O–H groups in total. The van der Waals surface area contributed by atoms with Crippen molar-refractivity contribution in [2.45, 2.75) is 26.8 Å². The van der Waals surface area contributed by atoms with Gasteiger partial charge in [0.05, 0.1) is 12.2 Å². The van der Waals surface area contributed by atoms with Gasteiger partial charge >= 0.3 is 5.97 Å². The molecule has 2 heterocycles. The van der Waals surface area contributed by atoms with Crippen LogP contribution in [-0.4, -0.2) is 23.4 Å². The fraction of sp³-hybridized carbons (Fsp3) is 0.278. The molecule has 0 amide bonds. The standard InChI is InChI=1S/C18H17ClFN3O2S/c1-4-25-18(24)14-10(3)22-16(17-21-8-9(2)26-17)23-15(14)12-6-5-11(20)7-13(12)19/h5-8,15H,4H2,1-3H3,(H,22,23). The molecule has 1 atom stereocenters. The Hall–Kier alpha value is -2.25. The number of ether oxygens (including phenoxy) is 1. The van der Waals surface area contributed by atoms with Gasteiger partial charge in [-0.25, -0.2) is 14.2 Å². The van der Waals surface area contributed by atoms with Gasteiger partial charge in [0, 0.05) is 27.4 Å². The van der Waals surface area contributed by atoms with Crippen molar-refractivity contribution in [3.05, 3.63) is 62.0 Å². The highest BCUT2D eigenvalue weighted by Crippen LogP contribution is 2.36. The van der Waals surface area contributed by atoms with E-state index in [-0.39, 0.29) is 11.6 Å². The molecule has 26 heavy (non-hydrogen) atoms. The molecule has 2 aromatic rings. The van der Waals surface area contributed by atoms with Crippen molar-refractivity contribution in [2.75, 3.05) is 6.61 Å². The van der Waals surface area contributed by atoms with Crippen LogP contribution in [0.4, 0.5) is 4.39 Å². The Balaban J connectivity index is 2.12. The van der Waals surface area contributed by atoms with Gasteiger partial charge in [0.25, 0.3) is 0 Å². The van der Waals surface area contributed by atoms with Gasteiger partial charge in [0.2, 0.25) is 0 Å². The van der Waals surface area contributed by atoms with E-state index in [9.17, 15) is 9.18 Å². The number of aliphatic imine (C=N–C) groups is 1. The van der Waals surface area contributed by atoms with Crippen LogP contribution in [0.3, 0.4) is 0 Å². The highest BCUT2D eigenvalue weighted by atomic mass is 35.5. The van der Waals surface area contributed by atoms with Gasteiger partial charge in [0.15, 0.2) is 10.8 Å². The summed E-state index contributed by atoms with van der Waals surface area (Å²) in [6, 6.07) is 3.33. The number of carbonyl (C=O) groups excluding carboxylic acids is 1. The highest BCUT2D eigenvalue weighted by molar-refractivity contribution is 7.13. The van der Waals surface area contributed by atoms with Crippen LogP contribution in [0.1, 0.15) is 35.3 Å². The summed E-state index contributed by atoms with van der Waals surface area (Å²) in [5.41, 5.74) is 1.48. The normalized spacial score (nSPS) is 17.0. The molecular weight excluding hydrogens is 377 g/mol. The first kappa shape index (κ1) is 18.5. The number of thiazole rings is 1. The molecule has 0 spiro atoms. The first-order chi connectivity index (χ1) is 12.4. The van der Waals surface area contributed by atoms with E-state index in [1.165, 1.54) is 29.5 Å². The Morgan fingerprint density at radius 3 is 2.81 bits per heavy atom. The number of halogens is 2. The minimum Gasteiger partial charge on any atom is -0.463 e. The molecule has 0 bridgehead atoms. The summed E-state index contributed by atoms with van der Waals surface area (Å²) in [4.78, 5) is 22.5. The van der Waals surface area contributed by atoms with E-state index in [1.54, 1.807) is 20.0 Å². The minimum absolute atomic E-state index is 0.199. The number of allylic oxidation sites excluding steroid dienone is 1. The quantitative estimate of drug-likeness (QED) is 0.792. The van der Waals surface area contributed by atoms with E-state index >= 15 is 0 Å². The third-order valence-corrected chi connectivity index (χ3v) is 5.06. The number of esters is 1. The number of nitrogens with zero attached hydrogens (tertiary/aromatic N) is 2. The molecule has 136 valence electrons. The Bertz CT molecular complexity index is 923. The fourth-order valence-electron chi connectivity index (χ4n) is 2.67. The average Bonchev–Trinajstić information content (AvgIpc) is 3.01. The molecule has 0 saturated heterocycles. The summed E-state index contributed by atoms with van der Waals surface area (Å²) in [6.07, 6.45) is 1.75. The SMILES string of the molecule is CCOC(=O)C1=C(C)NC(c2ncc(C)s2)=NC1c1ccc(F)cc1Cl. The number of nitrogens with one attached hydrogen (secondary N) is 1. The molecule has 3 rings (SSSR count). The minimum atomic E-state index is -0.706. The summed E-state index contributed by atoms with van der Waals surface area (Å²) in [7, 11) is 0. The third-order valence-electron chi connectivity index (χ3n) is 3.82. The van der Waals surface area contributed by atoms with Crippen LogP contribution in [-0.2, 0) is 9.53 Å². The zero-order valence-electron chi connectivity index (χ0n) is 14.5. The van der Waals surface area contributed by atoms with Crippen molar-refractivity contribution in [1.82, 2.24) is 10.3 Å². The third kappa shape index (κ3) is 3.64. The number of amidine groups is 1. The predicted molar refractivity (Wildman–Crippen MR) is 100 cm³/mol. The zero-order valence-corrected chi connectivity index (χ0v) is 16.0. The van der Waals surface area contributed by atoms with E-state index in [1.807, 2.05) is 6.92 Å². The van der Waals surface area contributed by atoms with Crippen LogP contribution in [0.5, 0.6) is 0 Å². The summed E-state index contributed by atoms with van der Waals surface area (Å²) >= 11 is 7.72. The highest BCUT2D eigenvalue weighted by Gasteiger charge is 2.32. The van der Waals surface area contributed by atoms with Gasteiger partial charge in [-0.1, -0.05) is 17.7 Å². The van der Waals surface area contributed by atoms with Gasteiger partial charge in [-0.05, 0) is 32.9 Å². The number of rotatable bonds is 4. The van der Waals surface area contributed by atoms with Crippen molar-refractivity contribution >= 4 is 34.7 Å². The van der Waals surface area contributed by atoms with Crippen molar-refractivity contribution in [3.8, 4) is 0 Å². The lowest BCUT2D eigenvalue weighted by Gasteiger charge is -2.26. The summed E-state index contributed by atoms with van der Waals surface area (Å²) in [6.45, 7) is 5.69. The van der Waals surface area contributed by atoms with Gasteiger partial charge in [-0.3, -0.25) is 4.99 Å². The van der Waals surface area contributed by atoms with Gasteiger partial charge in [-0.15, -0.1) is 11.3 Å². The molecule has 1 aliphatic rings. The smallest absolute Gasteiger partial charge is 0.338 e. The van der Waals surface area contributed by atoms with E-state index in [0.29, 0.717) is 27.7 Å². The molecule has 1 aliphatic heterocycles. The molecule has 0 fully saturated rings. The molecule has 0 aliphatic carbocycles. The van der Waals surface area contributed by atoms with Crippen LogP contribution >= 0.6 is 22.9 Å². The molecule has 1 aromatic heterocycles. The number of carbonyl (C=O) groups is 1. The number of aromatic nitrogens is 1. The van der Waals surface area contributed by atoms with Crippen molar-refractivity contribution in [2.24, 2.45) is 4.99 Å². The largest absolute Gasteiger partial charge is 0.463 e. The maximum Gasteiger partial charge on any atom is 0.338 e. The monoisotopic (exact) mass is 393 g/mol. The molecule has 1 unspecified atom stereocenters. The second kappa shape index (κ2) is 7.55. The van der Waals surface area contributed by atoms with Crippen LogP contribution in [0.15, 0.2) is 40.7 Å². The van der Waals surface area contributed by atoms with E-state index in [4.69, 9.17) is 16.3 Å². The lowest BCUT2D eigenvalue weighted by Crippen LogP contribution is -2.32. The molecule has 0 radical (unpaired) electrons. The Morgan fingerprint density at radius 1 is 1.42 bits per heavy atom. The Kier molecular flexibility index (Phi) is 5.38. The van der Waals surface area contributed by atoms with Crippen LogP contribution < -0.4 is 5.32 Å². The van der Waals surface area contributed by atoms with Crippen LogP contribution in [0.25, 0.3) is 0 Å². The molecule has 0 saturated carbocycles. The Labute approximate surface area is 159 Å². The number of benzene rings is 1. The maximum absolute atomic E-state index is 13.5. The fourth-order valence-corrected chi connectivity index (χ4v) is 3.66. The molecule has 5 nitrogen and oxygen atoms in total. The van der Waals surface area contributed by atoms with Crippen LogP contribution in [0.2, 0.25) is 5.02 Å². The molecular formula is C18H17ClFN3O2S. The van der Waals surface area contributed by atoms with Gasteiger partial charge in [-0.2, -0.15) is 0 Å². The number of aryl methyl sites for hydroxylation is 1. The second-order valence-corrected chi connectivity index (χ2v) is 7.35. The average molecular weight is 394 g/mol. The number of hydrogen-bond acceptors (Lipinski definition) is 6. The van der Waals surface area contributed by atoms with Gasteiger partial charge < -0.3 is 10.1 Å². The second-order valence-electron chi connectivity index (χ2n) is 5.71. The zero-order chi connectivity index (χ0) is 18.8. The van der Waals surface area contributed by atoms with Crippen molar-refractivity contribution in [1.29, 1.82) is 0 Å². The first-order valence-electron chi connectivity index (χ1n) is 8.01. The topological polar surface area (TPSA) is 63.6 Å². The van der Waals surface area contributed by atoms with Crippen molar-refractivity contribution < 1.29 is 13.9 Å². The lowest BCUT2D eigenvalue weighted by atomic mass is 9.96. The van der Waals surface area contributed by atoms with E-state index < -0.39 is 17.8 Å². The molecule has 8 heteroatoms. The van der Waals surface area contributed by atoms with Crippen LogP contribution in [0, 0.1) is 12.7 Å². The van der Waals surface area contributed by atoms with E-state index in [0.717, 1.165) is 4.88 Å². The summed E-state index contributed by atoms with van der Waals surface area (Å²) in [5, 5.41) is 4.03. The number of hydrogen-bond donors (Lipinski definition) is 1. The Morgan fingerprint density at radius 2 is 2.19 bits per heavy atom. The maximum atomic E-state index is 13.5. The first-order valence-corrected chi connectivity index (χ1v) is 9.20. The van der Waals surface area contributed by atoms with E-state index in [2.05, 4.69) is 15.3 Å². The van der Waals surface area contributed by atoms with Crippen molar-refractivity contribution in [3.63, 3.8) is 0 Å². The summed E-state index contributed by atoms with van der Waals surface area (Å²) in [5.74, 6) is -0.397. The summed E-state index contributed by atoms with van der Waals surface area (Å²) < 4.78 is 18.6. The predicted octanol–water partition coefficient (Wildman–Crippen LogP) is 4.17. The lowest BCUT2D eigenvalue weighted by molar-refractivity contribution is -0.138. The molecule has 1 aromatic carbocycles.